The van der Waals surface area contributed by atoms with Crippen molar-refractivity contribution in [1.29, 1.82) is 0 Å². The van der Waals surface area contributed by atoms with E-state index in [0.717, 1.165) is 16.8 Å². The zero-order valence-electron chi connectivity index (χ0n) is 19.0. The van der Waals surface area contributed by atoms with Crippen LogP contribution >= 0.6 is 11.8 Å². The highest BCUT2D eigenvalue weighted by Crippen LogP contribution is 2.33. The molecule has 172 valence electrons. The first kappa shape index (κ1) is 21.3. The molecule has 1 unspecified atom stereocenters. The van der Waals surface area contributed by atoms with Gasteiger partial charge in [-0.3, -0.25) is 14.0 Å². The lowest BCUT2D eigenvalue weighted by atomic mass is 10.2. The Kier molecular flexibility index (Phi) is 5.00. The quantitative estimate of drug-likeness (QED) is 0.375. The lowest BCUT2D eigenvalue weighted by molar-refractivity contribution is 0.889. The summed E-state index contributed by atoms with van der Waals surface area (Å²) in [6, 6.07) is 22.4. The fourth-order valence-corrected chi connectivity index (χ4v) is 5.21. The zero-order valence-corrected chi connectivity index (χ0v) is 19.8. The van der Waals surface area contributed by atoms with Gasteiger partial charge in [-0.25, -0.2) is 9.55 Å². The molecule has 0 fully saturated rings. The van der Waals surface area contributed by atoms with Crippen molar-refractivity contribution in [2.24, 2.45) is 0 Å². The first-order valence-corrected chi connectivity index (χ1v) is 12.0. The number of aromatic amines is 1. The molecule has 1 atom stereocenters. The summed E-state index contributed by atoms with van der Waals surface area (Å²) in [4.78, 5) is 33.7. The van der Waals surface area contributed by atoms with Gasteiger partial charge in [0.2, 0.25) is 5.78 Å². The monoisotopic (exact) mass is 480 g/mol. The molecule has 6 rings (SSSR count). The average molecular weight is 481 g/mol. The summed E-state index contributed by atoms with van der Waals surface area (Å²) in [6.07, 6.45) is 0. The van der Waals surface area contributed by atoms with Gasteiger partial charge >= 0.3 is 0 Å². The van der Waals surface area contributed by atoms with Gasteiger partial charge in [0.1, 0.15) is 5.82 Å². The van der Waals surface area contributed by atoms with Gasteiger partial charge in [-0.2, -0.15) is 0 Å². The Labute approximate surface area is 203 Å². The highest BCUT2D eigenvalue weighted by Gasteiger charge is 2.21. The average Bonchev–Trinajstić information content (AvgIpc) is 3.28. The van der Waals surface area contributed by atoms with Crippen LogP contribution in [0.15, 0.2) is 87.5 Å². The second-order valence-electron chi connectivity index (χ2n) is 8.29. The summed E-state index contributed by atoms with van der Waals surface area (Å²) in [5.41, 5.74) is 2.74. The number of fused-ring (bicyclic) bond motifs is 4. The van der Waals surface area contributed by atoms with Crippen molar-refractivity contribution in [3.8, 4) is 5.69 Å². The van der Waals surface area contributed by atoms with Gasteiger partial charge in [-0.1, -0.05) is 54.2 Å². The normalized spacial score (nSPS) is 12.5. The third-order valence-corrected chi connectivity index (χ3v) is 7.10. The number of hydrogen-bond acceptors (Lipinski definition) is 6. The van der Waals surface area contributed by atoms with Gasteiger partial charge in [0.25, 0.3) is 11.1 Å². The molecule has 0 spiro atoms. The van der Waals surface area contributed by atoms with Crippen molar-refractivity contribution < 1.29 is 0 Å². The SMILES string of the molecule is Cc1ccccc1-n1c(=O)c2ccccc2n2c(SC(C)c3nc4ccccc4c(=O)[nH]3)nnc12. The predicted molar refractivity (Wildman–Crippen MR) is 137 cm³/mol. The summed E-state index contributed by atoms with van der Waals surface area (Å²) in [6.45, 7) is 3.92. The van der Waals surface area contributed by atoms with Crippen molar-refractivity contribution >= 4 is 39.3 Å². The third-order valence-electron chi connectivity index (χ3n) is 6.05. The topological polar surface area (TPSA) is 97.9 Å². The van der Waals surface area contributed by atoms with E-state index in [1.807, 2.05) is 85.0 Å². The van der Waals surface area contributed by atoms with Crippen LogP contribution in [0.2, 0.25) is 0 Å². The summed E-state index contributed by atoms with van der Waals surface area (Å²) >= 11 is 1.42. The smallest absolute Gasteiger partial charge is 0.267 e. The van der Waals surface area contributed by atoms with Gasteiger partial charge in [0.05, 0.1) is 32.7 Å². The van der Waals surface area contributed by atoms with Crippen molar-refractivity contribution in [3.63, 3.8) is 0 Å². The summed E-state index contributed by atoms with van der Waals surface area (Å²) < 4.78 is 3.50. The van der Waals surface area contributed by atoms with Crippen LogP contribution in [0, 0.1) is 6.92 Å². The van der Waals surface area contributed by atoms with Gasteiger partial charge in [-0.15, -0.1) is 10.2 Å². The summed E-state index contributed by atoms with van der Waals surface area (Å²) in [5, 5.41) is 10.4. The molecular weight excluding hydrogens is 460 g/mol. The first-order valence-electron chi connectivity index (χ1n) is 11.1. The Bertz CT molecular complexity index is 1870. The Balaban J connectivity index is 1.55. The molecule has 0 amide bonds. The van der Waals surface area contributed by atoms with Crippen LogP contribution in [0.25, 0.3) is 33.3 Å². The minimum absolute atomic E-state index is 0.153. The Morgan fingerprint density at radius 2 is 1.60 bits per heavy atom. The molecule has 0 saturated heterocycles. The van der Waals surface area contributed by atoms with Crippen molar-refractivity contribution in [2.45, 2.75) is 24.3 Å². The lowest BCUT2D eigenvalue weighted by Gasteiger charge is -2.14. The van der Waals surface area contributed by atoms with Crippen LogP contribution in [0.1, 0.15) is 23.6 Å². The number of hydrogen-bond donors (Lipinski definition) is 1. The second-order valence-corrected chi connectivity index (χ2v) is 9.60. The number of nitrogens with one attached hydrogen (secondary N) is 1. The Hall–Kier alpha value is -4.24. The molecular formula is C26H20N6O2S. The number of aryl methyl sites for hydroxylation is 1. The highest BCUT2D eigenvalue weighted by atomic mass is 32.2. The molecule has 35 heavy (non-hydrogen) atoms. The Morgan fingerprint density at radius 1 is 0.886 bits per heavy atom. The van der Waals surface area contributed by atoms with Gasteiger partial charge in [0.15, 0.2) is 5.16 Å². The highest BCUT2D eigenvalue weighted by molar-refractivity contribution is 7.99. The van der Waals surface area contributed by atoms with E-state index >= 15 is 0 Å². The number of benzene rings is 3. The predicted octanol–water partition coefficient (Wildman–Crippen LogP) is 4.43. The second kappa shape index (κ2) is 8.21. The minimum atomic E-state index is -0.225. The van der Waals surface area contributed by atoms with E-state index < -0.39 is 0 Å². The molecule has 6 aromatic rings. The van der Waals surface area contributed by atoms with Crippen LogP contribution < -0.4 is 11.1 Å². The molecule has 0 aliphatic rings. The molecule has 9 heteroatoms. The van der Waals surface area contributed by atoms with Gasteiger partial charge in [-0.05, 0) is 49.7 Å². The molecule has 3 heterocycles. The number of nitrogens with zero attached hydrogens (tertiary/aromatic N) is 5. The van der Waals surface area contributed by atoms with Crippen molar-refractivity contribution in [1.82, 2.24) is 29.1 Å². The fraction of sp³-hybridized carbons (Fsp3) is 0.115. The van der Waals surface area contributed by atoms with Crippen LogP contribution in [-0.4, -0.2) is 29.1 Å². The summed E-state index contributed by atoms with van der Waals surface area (Å²) in [5.74, 6) is 0.977. The van der Waals surface area contributed by atoms with Gasteiger partial charge < -0.3 is 4.98 Å². The zero-order chi connectivity index (χ0) is 24.1. The lowest BCUT2D eigenvalue weighted by Crippen LogP contribution is -2.22. The van der Waals surface area contributed by atoms with Crippen LogP contribution in [-0.2, 0) is 0 Å². The van der Waals surface area contributed by atoms with Crippen molar-refractivity contribution in [2.75, 3.05) is 0 Å². The van der Waals surface area contributed by atoms with E-state index in [2.05, 4.69) is 20.2 Å². The molecule has 0 radical (unpaired) electrons. The van der Waals surface area contributed by atoms with E-state index in [0.29, 0.717) is 33.0 Å². The molecule has 1 N–H and O–H groups in total. The third kappa shape index (κ3) is 3.43. The van der Waals surface area contributed by atoms with E-state index in [9.17, 15) is 9.59 Å². The maximum Gasteiger partial charge on any atom is 0.267 e. The van der Waals surface area contributed by atoms with E-state index in [1.165, 1.54) is 11.8 Å². The number of aromatic nitrogens is 6. The number of para-hydroxylation sites is 3. The van der Waals surface area contributed by atoms with E-state index in [-0.39, 0.29) is 16.4 Å². The fourth-order valence-electron chi connectivity index (χ4n) is 4.30. The number of thioether (sulfide) groups is 1. The Morgan fingerprint density at radius 3 is 2.43 bits per heavy atom. The first-order chi connectivity index (χ1) is 17.0. The molecule has 3 aromatic heterocycles. The maximum atomic E-state index is 13.5. The van der Waals surface area contributed by atoms with Crippen LogP contribution in [0.3, 0.4) is 0 Å². The largest absolute Gasteiger partial charge is 0.309 e. The van der Waals surface area contributed by atoms with E-state index in [4.69, 9.17) is 0 Å². The van der Waals surface area contributed by atoms with Crippen LogP contribution in [0.4, 0.5) is 0 Å². The molecule has 0 aliphatic heterocycles. The number of H-pyrrole nitrogens is 1. The standard InChI is InChI=1S/C26H20N6O2S/c1-15-9-3-7-13-20(15)31-24(34)18-11-5-8-14-21(18)32-25(31)29-30-26(32)35-16(2)22-27-19-12-6-4-10-17(19)23(33)28-22/h3-14,16H,1-2H3,(H,27,28,33). The summed E-state index contributed by atoms with van der Waals surface area (Å²) in [7, 11) is 0. The molecule has 3 aromatic carbocycles. The molecule has 0 aliphatic carbocycles. The van der Waals surface area contributed by atoms with E-state index in [1.54, 1.807) is 10.6 Å². The van der Waals surface area contributed by atoms with Crippen molar-refractivity contribution in [3.05, 3.63) is 105 Å². The minimum Gasteiger partial charge on any atom is -0.309 e. The molecule has 0 bridgehead atoms. The van der Waals surface area contributed by atoms with Crippen LogP contribution in [0.5, 0.6) is 0 Å². The number of rotatable bonds is 4. The maximum absolute atomic E-state index is 13.5. The van der Waals surface area contributed by atoms with Gasteiger partial charge in [0, 0.05) is 0 Å². The molecule has 8 nitrogen and oxygen atoms in total. The molecule has 0 saturated carbocycles.